The van der Waals surface area contributed by atoms with Crippen molar-refractivity contribution in [2.45, 2.75) is 6.61 Å². The summed E-state index contributed by atoms with van der Waals surface area (Å²) in [6.07, 6.45) is 3.14. The Morgan fingerprint density at radius 1 is 0.897 bits per heavy atom. The summed E-state index contributed by atoms with van der Waals surface area (Å²) in [5.41, 5.74) is 0.628. The van der Waals surface area contributed by atoms with E-state index >= 15 is 0 Å². The standard InChI is InChI=1S/C24H16Cl2O3/c25-21-6-3-7-22(26)24(21)28-15-20-11-10-19(29-20)12-13-23(27)18-9-8-16-4-1-2-5-17(16)14-18/h1-14H,15H2/b13-12+. The smallest absolute Gasteiger partial charge is 0.185 e. The van der Waals surface area contributed by atoms with E-state index in [1.54, 1.807) is 36.4 Å². The average Bonchev–Trinajstić information content (AvgIpc) is 3.19. The molecule has 0 saturated carbocycles. The maximum absolute atomic E-state index is 12.5. The van der Waals surface area contributed by atoms with Gasteiger partial charge in [-0.05, 0) is 53.3 Å². The zero-order valence-electron chi connectivity index (χ0n) is 15.3. The monoisotopic (exact) mass is 422 g/mol. The Kier molecular flexibility index (Phi) is 5.70. The predicted molar refractivity (Wildman–Crippen MR) is 117 cm³/mol. The zero-order chi connectivity index (χ0) is 20.2. The summed E-state index contributed by atoms with van der Waals surface area (Å²) in [6, 6.07) is 22.3. The first-order valence-electron chi connectivity index (χ1n) is 8.97. The van der Waals surface area contributed by atoms with E-state index in [0.717, 1.165) is 10.8 Å². The van der Waals surface area contributed by atoms with E-state index in [-0.39, 0.29) is 12.4 Å². The van der Waals surface area contributed by atoms with Crippen LogP contribution in [0.4, 0.5) is 0 Å². The van der Waals surface area contributed by atoms with Gasteiger partial charge in [0.1, 0.15) is 18.1 Å². The van der Waals surface area contributed by atoms with Gasteiger partial charge < -0.3 is 9.15 Å². The molecule has 0 aliphatic heterocycles. The molecule has 144 valence electrons. The number of hydrogen-bond donors (Lipinski definition) is 0. The zero-order valence-corrected chi connectivity index (χ0v) is 16.8. The molecule has 0 bridgehead atoms. The van der Waals surface area contributed by atoms with Crippen LogP contribution in [0.2, 0.25) is 10.0 Å². The quantitative estimate of drug-likeness (QED) is 0.243. The Balaban J connectivity index is 1.42. The van der Waals surface area contributed by atoms with Crippen LogP contribution in [0.5, 0.6) is 5.75 Å². The molecule has 0 fully saturated rings. The van der Waals surface area contributed by atoms with Gasteiger partial charge in [0.05, 0.1) is 10.0 Å². The first-order chi connectivity index (χ1) is 14.1. The number of allylic oxidation sites excluding steroid dienone is 1. The molecule has 1 aromatic heterocycles. The summed E-state index contributed by atoms with van der Waals surface area (Å²) in [5.74, 6) is 1.48. The number of ether oxygens (including phenoxy) is 1. The Bertz CT molecular complexity index is 1190. The highest BCUT2D eigenvalue weighted by Crippen LogP contribution is 2.33. The van der Waals surface area contributed by atoms with Gasteiger partial charge in [-0.25, -0.2) is 0 Å². The molecular weight excluding hydrogens is 407 g/mol. The molecule has 0 N–H and O–H groups in total. The van der Waals surface area contributed by atoms with Gasteiger partial charge in [0.25, 0.3) is 0 Å². The van der Waals surface area contributed by atoms with E-state index in [0.29, 0.717) is 32.9 Å². The highest BCUT2D eigenvalue weighted by molar-refractivity contribution is 6.37. The van der Waals surface area contributed by atoms with Gasteiger partial charge in [-0.1, -0.05) is 65.7 Å². The van der Waals surface area contributed by atoms with Crippen molar-refractivity contribution < 1.29 is 13.9 Å². The molecule has 4 rings (SSSR count). The van der Waals surface area contributed by atoms with Gasteiger partial charge in [-0.3, -0.25) is 4.79 Å². The average molecular weight is 423 g/mol. The van der Waals surface area contributed by atoms with Crippen LogP contribution in [-0.4, -0.2) is 5.78 Å². The van der Waals surface area contributed by atoms with Crippen molar-refractivity contribution in [3.8, 4) is 5.75 Å². The maximum Gasteiger partial charge on any atom is 0.185 e. The predicted octanol–water partition coefficient (Wildman–Crippen LogP) is 7.21. The van der Waals surface area contributed by atoms with Crippen molar-refractivity contribution in [3.05, 3.63) is 106 Å². The second-order valence-corrected chi connectivity index (χ2v) is 7.22. The van der Waals surface area contributed by atoms with Crippen molar-refractivity contribution in [1.82, 2.24) is 0 Å². The van der Waals surface area contributed by atoms with Gasteiger partial charge in [-0.15, -0.1) is 0 Å². The van der Waals surface area contributed by atoms with E-state index in [9.17, 15) is 4.79 Å². The number of hydrogen-bond acceptors (Lipinski definition) is 3. The van der Waals surface area contributed by atoms with E-state index < -0.39 is 0 Å². The summed E-state index contributed by atoms with van der Waals surface area (Å²) >= 11 is 12.2. The molecule has 0 aliphatic rings. The van der Waals surface area contributed by atoms with Crippen LogP contribution in [0.3, 0.4) is 0 Å². The molecule has 3 aromatic carbocycles. The van der Waals surface area contributed by atoms with Crippen molar-refractivity contribution in [2.24, 2.45) is 0 Å². The number of furan rings is 1. The van der Waals surface area contributed by atoms with Crippen LogP contribution in [0.15, 0.2) is 83.3 Å². The Morgan fingerprint density at radius 2 is 1.66 bits per heavy atom. The number of fused-ring (bicyclic) bond motifs is 1. The van der Waals surface area contributed by atoms with E-state index in [1.165, 1.54) is 6.08 Å². The van der Waals surface area contributed by atoms with E-state index in [4.69, 9.17) is 32.4 Å². The number of rotatable bonds is 6. The Hall–Kier alpha value is -3.01. The molecule has 3 nitrogen and oxygen atoms in total. The molecule has 0 radical (unpaired) electrons. The normalized spacial score (nSPS) is 11.2. The molecule has 5 heteroatoms. The van der Waals surface area contributed by atoms with Crippen molar-refractivity contribution in [3.63, 3.8) is 0 Å². The molecule has 1 heterocycles. The van der Waals surface area contributed by atoms with E-state index in [2.05, 4.69) is 0 Å². The number of para-hydroxylation sites is 1. The molecule has 29 heavy (non-hydrogen) atoms. The summed E-state index contributed by atoms with van der Waals surface area (Å²) < 4.78 is 11.3. The highest BCUT2D eigenvalue weighted by Gasteiger charge is 2.09. The second-order valence-electron chi connectivity index (χ2n) is 6.40. The summed E-state index contributed by atoms with van der Waals surface area (Å²) in [5, 5.41) is 3.00. The summed E-state index contributed by atoms with van der Waals surface area (Å²) in [6.45, 7) is 0.177. The fraction of sp³-hybridized carbons (Fsp3) is 0.0417. The molecular formula is C24H16Cl2O3. The van der Waals surface area contributed by atoms with Crippen LogP contribution < -0.4 is 4.74 Å². The number of ketones is 1. The van der Waals surface area contributed by atoms with Crippen LogP contribution in [0.1, 0.15) is 21.9 Å². The minimum Gasteiger partial charge on any atom is -0.483 e. The van der Waals surface area contributed by atoms with Gasteiger partial charge in [0.15, 0.2) is 11.5 Å². The largest absolute Gasteiger partial charge is 0.483 e. The second kappa shape index (κ2) is 8.56. The van der Waals surface area contributed by atoms with Crippen LogP contribution in [-0.2, 0) is 6.61 Å². The van der Waals surface area contributed by atoms with Gasteiger partial charge in [0.2, 0.25) is 0 Å². The summed E-state index contributed by atoms with van der Waals surface area (Å²) in [7, 11) is 0. The lowest BCUT2D eigenvalue weighted by Crippen LogP contribution is -1.95. The Morgan fingerprint density at radius 3 is 2.45 bits per heavy atom. The van der Waals surface area contributed by atoms with Gasteiger partial charge in [0, 0.05) is 5.56 Å². The molecule has 4 aromatic rings. The molecule has 0 atom stereocenters. The third-order valence-corrected chi connectivity index (χ3v) is 4.99. The van der Waals surface area contributed by atoms with Crippen molar-refractivity contribution in [2.75, 3.05) is 0 Å². The third-order valence-electron chi connectivity index (χ3n) is 4.39. The topological polar surface area (TPSA) is 39.4 Å². The number of halogens is 2. The van der Waals surface area contributed by atoms with Crippen LogP contribution in [0, 0.1) is 0 Å². The first-order valence-corrected chi connectivity index (χ1v) is 9.72. The minimum atomic E-state index is -0.0900. The minimum absolute atomic E-state index is 0.0900. The van der Waals surface area contributed by atoms with Gasteiger partial charge in [-0.2, -0.15) is 0 Å². The molecule has 0 spiro atoms. The fourth-order valence-corrected chi connectivity index (χ4v) is 3.43. The van der Waals surface area contributed by atoms with Crippen LogP contribution in [0.25, 0.3) is 16.8 Å². The maximum atomic E-state index is 12.5. The summed E-state index contributed by atoms with van der Waals surface area (Å²) in [4.78, 5) is 12.5. The number of carbonyl (C=O) groups is 1. The highest BCUT2D eigenvalue weighted by atomic mass is 35.5. The molecule has 0 aliphatic carbocycles. The fourth-order valence-electron chi connectivity index (χ4n) is 2.92. The lowest BCUT2D eigenvalue weighted by Gasteiger charge is -2.07. The molecule has 0 unspecified atom stereocenters. The third kappa shape index (κ3) is 4.53. The number of carbonyl (C=O) groups excluding carboxylic acids is 1. The number of benzene rings is 3. The SMILES string of the molecule is O=C(/C=C/c1ccc(COc2c(Cl)cccc2Cl)o1)c1ccc2ccccc2c1. The van der Waals surface area contributed by atoms with Crippen molar-refractivity contribution in [1.29, 1.82) is 0 Å². The van der Waals surface area contributed by atoms with E-state index in [1.807, 2.05) is 42.5 Å². The Labute approximate surface area is 178 Å². The lowest BCUT2D eigenvalue weighted by molar-refractivity contribution is 0.104. The molecule has 0 amide bonds. The first kappa shape index (κ1) is 19.3. The van der Waals surface area contributed by atoms with Crippen LogP contribution >= 0.6 is 23.2 Å². The van der Waals surface area contributed by atoms with Gasteiger partial charge >= 0.3 is 0 Å². The lowest BCUT2D eigenvalue weighted by atomic mass is 10.0. The van der Waals surface area contributed by atoms with Crippen molar-refractivity contribution >= 4 is 45.8 Å². The molecule has 0 saturated heterocycles.